The molecule has 0 aliphatic carbocycles. The summed E-state index contributed by atoms with van der Waals surface area (Å²) in [4.78, 5) is 13.6. The van der Waals surface area contributed by atoms with Gasteiger partial charge in [0.2, 0.25) is 5.91 Å². The number of alkyl halides is 2. The number of benzene rings is 2. The van der Waals surface area contributed by atoms with E-state index >= 15 is 0 Å². The number of hydrogen-bond acceptors (Lipinski definition) is 4. The number of rotatable bonds is 8. The van der Waals surface area contributed by atoms with Crippen LogP contribution in [0.5, 0.6) is 11.5 Å². The second kappa shape index (κ2) is 9.22. The molecule has 0 atom stereocenters. The molecule has 0 fully saturated rings. The van der Waals surface area contributed by atoms with Crippen molar-refractivity contribution in [2.24, 2.45) is 0 Å². The van der Waals surface area contributed by atoms with Crippen LogP contribution < -0.4 is 14.8 Å². The van der Waals surface area contributed by atoms with Crippen molar-refractivity contribution in [3.8, 4) is 11.5 Å². The quantitative estimate of drug-likeness (QED) is 0.704. The number of halogens is 4. The molecule has 9 heteroatoms. The van der Waals surface area contributed by atoms with E-state index in [1.807, 2.05) is 0 Å². The zero-order chi connectivity index (χ0) is 20.0. The van der Waals surface area contributed by atoms with Gasteiger partial charge in [-0.1, -0.05) is 6.07 Å². The van der Waals surface area contributed by atoms with Crippen molar-refractivity contribution in [1.82, 2.24) is 4.90 Å². The number of nitrogens with zero attached hydrogens (tertiary/aromatic N) is 1. The molecule has 2 rings (SSSR count). The molecule has 0 saturated carbocycles. The van der Waals surface area contributed by atoms with Crippen LogP contribution in [0.3, 0.4) is 0 Å². The van der Waals surface area contributed by atoms with Crippen molar-refractivity contribution in [3.05, 3.63) is 53.6 Å². The van der Waals surface area contributed by atoms with E-state index in [0.717, 1.165) is 18.2 Å². The average Bonchev–Trinajstić information content (AvgIpc) is 2.58. The Balaban J connectivity index is 1.97. The van der Waals surface area contributed by atoms with Gasteiger partial charge in [0.15, 0.2) is 11.5 Å². The highest BCUT2D eigenvalue weighted by Crippen LogP contribution is 2.29. The Morgan fingerprint density at radius 3 is 2.56 bits per heavy atom. The van der Waals surface area contributed by atoms with Gasteiger partial charge in [-0.15, -0.1) is 0 Å². The number of likely N-dealkylation sites (N-methyl/N-ethyl adjacent to an activating group) is 1. The monoisotopic (exact) mass is 386 g/mol. The van der Waals surface area contributed by atoms with Crippen LogP contribution in [0, 0.1) is 11.6 Å². The van der Waals surface area contributed by atoms with Crippen molar-refractivity contribution in [2.45, 2.75) is 13.2 Å². The van der Waals surface area contributed by atoms with Gasteiger partial charge in [-0.3, -0.25) is 9.69 Å². The molecule has 0 aromatic heterocycles. The summed E-state index contributed by atoms with van der Waals surface area (Å²) in [5.41, 5.74) is 0.435. The summed E-state index contributed by atoms with van der Waals surface area (Å²) in [6, 6.07) is 7.17. The predicted molar refractivity (Wildman–Crippen MR) is 90.9 cm³/mol. The first kappa shape index (κ1) is 20.5. The highest BCUT2D eigenvalue weighted by atomic mass is 19.3. The second-order valence-electron chi connectivity index (χ2n) is 5.71. The molecule has 0 spiro atoms. The molecule has 0 aliphatic heterocycles. The molecule has 0 saturated heterocycles. The third-order valence-electron chi connectivity index (χ3n) is 3.51. The maximum absolute atomic E-state index is 13.6. The standard InChI is InChI=1S/C18H18F4N2O3/c1-24(10-17(25)23-14-8-12(19)4-5-13(14)20)9-11-3-6-15(27-18(21)22)16(7-11)26-2/h3-8,18H,9-10H2,1-2H3,(H,23,25). The first-order valence-electron chi connectivity index (χ1n) is 7.83. The summed E-state index contributed by atoms with van der Waals surface area (Å²) in [6.07, 6.45) is 0. The number of anilines is 1. The highest BCUT2D eigenvalue weighted by Gasteiger charge is 2.14. The van der Waals surface area contributed by atoms with Crippen LogP contribution in [-0.4, -0.2) is 38.1 Å². The van der Waals surface area contributed by atoms with Gasteiger partial charge in [-0.25, -0.2) is 8.78 Å². The summed E-state index contributed by atoms with van der Waals surface area (Å²) < 4.78 is 60.7. The summed E-state index contributed by atoms with van der Waals surface area (Å²) in [7, 11) is 2.96. The number of hydrogen-bond donors (Lipinski definition) is 1. The number of carbonyl (C=O) groups is 1. The van der Waals surface area contributed by atoms with E-state index in [0.29, 0.717) is 5.56 Å². The molecule has 146 valence electrons. The van der Waals surface area contributed by atoms with Crippen LogP contribution in [-0.2, 0) is 11.3 Å². The third-order valence-corrected chi connectivity index (χ3v) is 3.51. The van der Waals surface area contributed by atoms with Gasteiger partial charge in [0, 0.05) is 12.6 Å². The number of amides is 1. The minimum atomic E-state index is -2.97. The molecular formula is C18H18F4N2O3. The van der Waals surface area contributed by atoms with Gasteiger partial charge in [0.1, 0.15) is 11.6 Å². The molecule has 0 bridgehead atoms. The van der Waals surface area contributed by atoms with Crippen LogP contribution in [0.1, 0.15) is 5.56 Å². The maximum Gasteiger partial charge on any atom is 0.387 e. The van der Waals surface area contributed by atoms with Crippen molar-refractivity contribution in [3.63, 3.8) is 0 Å². The van der Waals surface area contributed by atoms with Gasteiger partial charge in [0.05, 0.1) is 19.3 Å². The van der Waals surface area contributed by atoms with Gasteiger partial charge in [-0.2, -0.15) is 8.78 Å². The van der Waals surface area contributed by atoms with Crippen molar-refractivity contribution in [1.29, 1.82) is 0 Å². The number of methoxy groups -OCH3 is 1. The molecule has 0 unspecified atom stereocenters. The van der Waals surface area contributed by atoms with Crippen molar-refractivity contribution in [2.75, 3.05) is 26.0 Å². The van der Waals surface area contributed by atoms with E-state index in [2.05, 4.69) is 10.1 Å². The molecule has 5 nitrogen and oxygen atoms in total. The van der Waals surface area contributed by atoms with E-state index in [-0.39, 0.29) is 30.3 Å². The Labute approximate surface area is 153 Å². The van der Waals surface area contributed by atoms with Gasteiger partial charge >= 0.3 is 6.61 Å². The van der Waals surface area contributed by atoms with Gasteiger partial charge in [0.25, 0.3) is 0 Å². The Bertz CT molecular complexity index is 802. The van der Waals surface area contributed by atoms with Crippen LogP contribution in [0.4, 0.5) is 23.2 Å². The highest BCUT2D eigenvalue weighted by molar-refractivity contribution is 5.92. The molecule has 2 aromatic carbocycles. The number of carbonyl (C=O) groups excluding carboxylic acids is 1. The molecular weight excluding hydrogens is 368 g/mol. The smallest absolute Gasteiger partial charge is 0.387 e. The second-order valence-corrected chi connectivity index (χ2v) is 5.71. The lowest BCUT2D eigenvalue weighted by molar-refractivity contribution is -0.117. The van der Waals surface area contributed by atoms with E-state index in [9.17, 15) is 22.4 Å². The van der Waals surface area contributed by atoms with Crippen LogP contribution in [0.25, 0.3) is 0 Å². The number of nitrogens with one attached hydrogen (secondary N) is 1. The molecule has 0 radical (unpaired) electrons. The van der Waals surface area contributed by atoms with Gasteiger partial charge < -0.3 is 14.8 Å². The fraction of sp³-hybridized carbons (Fsp3) is 0.278. The first-order valence-corrected chi connectivity index (χ1v) is 7.83. The van der Waals surface area contributed by atoms with Crippen LogP contribution in [0.2, 0.25) is 0 Å². The lowest BCUT2D eigenvalue weighted by Gasteiger charge is -2.18. The molecule has 1 N–H and O–H groups in total. The van der Waals surface area contributed by atoms with Crippen molar-refractivity contribution < 1.29 is 31.8 Å². The van der Waals surface area contributed by atoms with E-state index in [1.165, 1.54) is 19.2 Å². The van der Waals surface area contributed by atoms with E-state index in [4.69, 9.17) is 4.74 Å². The van der Waals surface area contributed by atoms with Crippen LogP contribution >= 0.6 is 0 Å². The van der Waals surface area contributed by atoms with E-state index < -0.39 is 24.2 Å². The average molecular weight is 386 g/mol. The topological polar surface area (TPSA) is 50.8 Å². The summed E-state index contributed by atoms with van der Waals surface area (Å²) in [6.45, 7) is -2.79. The molecule has 0 heterocycles. The zero-order valence-electron chi connectivity index (χ0n) is 14.6. The molecule has 1 amide bonds. The first-order chi connectivity index (χ1) is 12.8. The Morgan fingerprint density at radius 1 is 1.15 bits per heavy atom. The molecule has 0 aliphatic rings. The minimum absolute atomic E-state index is 0.0989. The summed E-state index contributed by atoms with van der Waals surface area (Å²) >= 11 is 0. The minimum Gasteiger partial charge on any atom is -0.493 e. The number of ether oxygens (including phenoxy) is 2. The maximum atomic E-state index is 13.6. The van der Waals surface area contributed by atoms with Gasteiger partial charge in [-0.05, 0) is 36.9 Å². The van der Waals surface area contributed by atoms with Crippen molar-refractivity contribution >= 4 is 11.6 Å². The SMILES string of the molecule is COc1cc(CN(C)CC(=O)Nc2cc(F)ccc2F)ccc1OC(F)F. The fourth-order valence-electron chi connectivity index (χ4n) is 2.40. The normalized spacial score (nSPS) is 11.0. The van der Waals surface area contributed by atoms with Crippen LogP contribution in [0.15, 0.2) is 36.4 Å². The molecule has 27 heavy (non-hydrogen) atoms. The Hall–Kier alpha value is -2.81. The summed E-state index contributed by atoms with van der Waals surface area (Å²) in [5.74, 6) is -1.91. The Morgan fingerprint density at radius 2 is 1.89 bits per heavy atom. The Kier molecular flexibility index (Phi) is 7.00. The predicted octanol–water partition coefficient (Wildman–Crippen LogP) is 3.65. The largest absolute Gasteiger partial charge is 0.493 e. The summed E-state index contributed by atoms with van der Waals surface area (Å²) in [5, 5.41) is 2.30. The third kappa shape index (κ3) is 6.14. The molecule has 2 aromatic rings. The van der Waals surface area contributed by atoms with E-state index in [1.54, 1.807) is 18.0 Å². The lowest BCUT2D eigenvalue weighted by atomic mass is 10.2. The fourth-order valence-corrected chi connectivity index (χ4v) is 2.40. The zero-order valence-corrected chi connectivity index (χ0v) is 14.6. The lowest BCUT2D eigenvalue weighted by Crippen LogP contribution is -2.30.